The molecule has 76 valence electrons. The van der Waals surface area contributed by atoms with E-state index in [-0.39, 0.29) is 15.9 Å². The van der Waals surface area contributed by atoms with E-state index in [1.165, 1.54) is 0 Å². The maximum Gasteiger partial charge on any atom is 0.150 e. The fourth-order valence-electron chi connectivity index (χ4n) is 1.98. The molecule has 0 aromatic carbocycles. The number of carbonyl (C=O) groups is 1. The number of likely N-dealkylation sites (tertiary alicyclic amines) is 1. The van der Waals surface area contributed by atoms with Crippen molar-refractivity contribution in [1.82, 2.24) is 4.90 Å². The number of rotatable bonds is 0. The Hall–Kier alpha value is 0.110. The minimum absolute atomic E-state index is 0.0230. The van der Waals surface area contributed by atoms with Crippen molar-refractivity contribution in [2.75, 3.05) is 7.05 Å². The normalized spacial score (nSPS) is 33.4. The van der Waals surface area contributed by atoms with E-state index in [1.54, 1.807) is 0 Å². The smallest absolute Gasteiger partial charge is 0.150 e. The Balaban J connectivity index is 3.03. The highest BCUT2D eigenvalue weighted by molar-refractivity contribution is 9.10. The van der Waals surface area contributed by atoms with Crippen molar-refractivity contribution in [2.45, 2.75) is 50.0 Å². The molecule has 1 unspecified atom stereocenters. The van der Waals surface area contributed by atoms with Crippen LogP contribution >= 0.6 is 15.9 Å². The third kappa shape index (κ3) is 1.68. The monoisotopic (exact) mass is 247 g/mol. The standard InChI is InChI=1S/C10H18BrNO/c1-9(2)6-7(13)8(11)10(3,4)12(9)5/h8H,6H2,1-5H3. The first kappa shape index (κ1) is 11.2. The van der Waals surface area contributed by atoms with Crippen LogP contribution in [0.1, 0.15) is 34.1 Å². The van der Waals surface area contributed by atoms with Crippen molar-refractivity contribution in [3.05, 3.63) is 0 Å². The summed E-state index contributed by atoms with van der Waals surface area (Å²) in [5.74, 6) is 0.313. The zero-order chi connectivity index (χ0) is 10.4. The summed E-state index contributed by atoms with van der Waals surface area (Å²) in [7, 11) is 2.08. The molecule has 0 aromatic heterocycles. The number of nitrogens with zero attached hydrogens (tertiary/aromatic N) is 1. The van der Waals surface area contributed by atoms with Gasteiger partial charge in [0.15, 0.2) is 0 Å². The van der Waals surface area contributed by atoms with Gasteiger partial charge in [0.1, 0.15) is 5.78 Å². The zero-order valence-electron chi connectivity index (χ0n) is 9.02. The Morgan fingerprint density at radius 1 is 1.38 bits per heavy atom. The average molecular weight is 248 g/mol. The zero-order valence-corrected chi connectivity index (χ0v) is 10.6. The van der Waals surface area contributed by atoms with Crippen LogP contribution in [-0.2, 0) is 4.79 Å². The van der Waals surface area contributed by atoms with Gasteiger partial charge in [-0.1, -0.05) is 15.9 Å². The number of Topliss-reactive ketones (excluding diaryl/α,β-unsaturated/α-hetero) is 1. The van der Waals surface area contributed by atoms with Crippen molar-refractivity contribution >= 4 is 21.7 Å². The molecule has 0 aliphatic carbocycles. The molecule has 0 spiro atoms. The molecule has 0 bridgehead atoms. The Morgan fingerprint density at radius 3 is 2.31 bits per heavy atom. The molecule has 1 aliphatic rings. The number of hydrogen-bond donors (Lipinski definition) is 0. The quantitative estimate of drug-likeness (QED) is 0.612. The number of halogens is 1. The van der Waals surface area contributed by atoms with Gasteiger partial charge in [0.05, 0.1) is 4.83 Å². The molecule has 3 heteroatoms. The summed E-state index contributed by atoms with van der Waals surface area (Å²) in [6.07, 6.45) is 0.628. The van der Waals surface area contributed by atoms with Gasteiger partial charge in [-0.2, -0.15) is 0 Å². The summed E-state index contributed by atoms with van der Waals surface area (Å²) in [6, 6.07) is 0. The van der Waals surface area contributed by atoms with E-state index in [0.717, 1.165) is 0 Å². The van der Waals surface area contributed by atoms with Crippen LogP contribution in [-0.4, -0.2) is 33.6 Å². The predicted molar refractivity (Wildman–Crippen MR) is 58.3 cm³/mol. The highest BCUT2D eigenvalue weighted by Gasteiger charge is 2.48. The Kier molecular flexibility index (Phi) is 2.63. The van der Waals surface area contributed by atoms with Crippen molar-refractivity contribution in [3.63, 3.8) is 0 Å². The van der Waals surface area contributed by atoms with E-state index in [0.29, 0.717) is 12.2 Å². The van der Waals surface area contributed by atoms with Gasteiger partial charge >= 0.3 is 0 Å². The molecule has 1 atom stereocenters. The van der Waals surface area contributed by atoms with Crippen LogP contribution in [0.15, 0.2) is 0 Å². The van der Waals surface area contributed by atoms with Gasteiger partial charge in [0, 0.05) is 17.5 Å². The third-order valence-corrected chi connectivity index (χ3v) is 4.91. The molecular formula is C10H18BrNO. The second-order valence-electron chi connectivity index (χ2n) is 5.03. The summed E-state index contributed by atoms with van der Waals surface area (Å²) in [6.45, 7) is 8.44. The number of ketones is 1. The summed E-state index contributed by atoms with van der Waals surface area (Å²) in [4.78, 5) is 13.9. The van der Waals surface area contributed by atoms with Crippen molar-refractivity contribution in [2.24, 2.45) is 0 Å². The highest BCUT2D eigenvalue weighted by Crippen LogP contribution is 2.38. The molecule has 1 heterocycles. The van der Waals surface area contributed by atoms with E-state index < -0.39 is 0 Å². The lowest BCUT2D eigenvalue weighted by Gasteiger charge is -2.52. The lowest BCUT2D eigenvalue weighted by atomic mass is 9.79. The lowest BCUT2D eigenvalue weighted by Crippen LogP contribution is -2.64. The maximum atomic E-state index is 11.7. The SMILES string of the molecule is CN1C(C)(C)CC(=O)C(Br)C1(C)C. The van der Waals surface area contributed by atoms with Crippen LogP contribution in [0.2, 0.25) is 0 Å². The second-order valence-corrected chi connectivity index (χ2v) is 5.95. The molecule has 13 heavy (non-hydrogen) atoms. The van der Waals surface area contributed by atoms with E-state index >= 15 is 0 Å². The van der Waals surface area contributed by atoms with Crippen LogP contribution in [0.4, 0.5) is 0 Å². The summed E-state index contributed by atoms with van der Waals surface area (Å²) in [5, 5.41) is 0. The molecule has 0 N–H and O–H groups in total. The third-order valence-electron chi connectivity index (χ3n) is 3.28. The molecule has 0 aromatic rings. The van der Waals surface area contributed by atoms with Crippen molar-refractivity contribution < 1.29 is 4.79 Å². The average Bonchev–Trinajstić information content (AvgIpc) is 1.98. The van der Waals surface area contributed by atoms with E-state index in [9.17, 15) is 4.79 Å². The molecule has 1 fully saturated rings. The van der Waals surface area contributed by atoms with E-state index in [2.05, 4.69) is 55.6 Å². The van der Waals surface area contributed by atoms with Crippen LogP contribution in [0.25, 0.3) is 0 Å². The summed E-state index contributed by atoms with van der Waals surface area (Å²) in [5.41, 5.74) is -0.121. The van der Waals surface area contributed by atoms with Crippen LogP contribution in [0.3, 0.4) is 0 Å². The van der Waals surface area contributed by atoms with Gasteiger partial charge in [-0.15, -0.1) is 0 Å². The van der Waals surface area contributed by atoms with Gasteiger partial charge in [0.2, 0.25) is 0 Å². The molecule has 1 saturated heterocycles. The molecule has 2 nitrogen and oxygen atoms in total. The van der Waals surface area contributed by atoms with Gasteiger partial charge in [-0.3, -0.25) is 9.69 Å². The lowest BCUT2D eigenvalue weighted by molar-refractivity contribution is -0.130. The molecule has 0 saturated carbocycles. The summed E-state index contributed by atoms with van der Waals surface area (Å²) < 4.78 is 0. The van der Waals surface area contributed by atoms with Crippen molar-refractivity contribution in [3.8, 4) is 0 Å². The molecule has 1 rings (SSSR count). The first-order valence-corrected chi connectivity index (χ1v) is 5.52. The van der Waals surface area contributed by atoms with Gasteiger partial charge in [0.25, 0.3) is 0 Å². The van der Waals surface area contributed by atoms with Crippen LogP contribution in [0.5, 0.6) is 0 Å². The number of carbonyl (C=O) groups excluding carboxylic acids is 1. The molecule has 0 amide bonds. The largest absolute Gasteiger partial charge is 0.298 e. The molecular weight excluding hydrogens is 230 g/mol. The first-order valence-electron chi connectivity index (χ1n) is 4.60. The van der Waals surface area contributed by atoms with Crippen LogP contribution < -0.4 is 0 Å². The summed E-state index contributed by atoms with van der Waals surface area (Å²) >= 11 is 3.48. The minimum atomic E-state index is -0.0984. The number of hydrogen-bond acceptors (Lipinski definition) is 2. The number of alkyl halides is 1. The topological polar surface area (TPSA) is 20.3 Å². The maximum absolute atomic E-state index is 11.7. The Morgan fingerprint density at radius 2 is 1.85 bits per heavy atom. The highest BCUT2D eigenvalue weighted by atomic mass is 79.9. The first-order chi connectivity index (χ1) is 5.69. The van der Waals surface area contributed by atoms with Gasteiger partial charge < -0.3 is 0 Å². The van der Waals surface area contributed by atoms with E-state index in [4.69, 9.17) is 0 Å². The van der Waals surface area contributed by atoms with Gasteiger partial charge in [-0.25, -0.2) is 0 Å². The van der Waals surface area contributed by atoms with Crippen molar-refractivity contribution in [1.29, 1.82) is 0 Å². The fraction of sp³-hybridized carbons (Fsp3) is 0.900. The molecule has 0 radical (unpaired) electrons. The van der Waals surface area contributed by atoms with Gasteiger partial charge in [-0.05, 0) is 34.7 Å². The van der Waals surface area contributed by atoms with E-state index in [1.807, 2.05) is 0 Å². The Labute approximate surface area is 88.8 Å². The Bertz CT molecular complexity index is 235. The predicted octanol–water partition coefficient (Wildman–Crippen LogP) is 2.21. The second kappa shape index (κ2) is 3.06. The molecule has 1 aliphatic heterocycles. The fourth-order valence-corrected chi connectivity index (χ4v) is 2.45. The van der Waals surface area contributed by atoms with Crippen LogP contribution in [0, 0.1) is 0 Å². The number of piperidine rings is 1. The minimum Gasteiger partial charge on any atom is -0.298 e.